The van der Waals surface area contributed by atoms with E-state index in [1.165, 1.54) is 0 Å². The Morgan fingerprint density at radius 1 is 0.929 bits per heavy atom. The predicted molar refractivity (Wildman–Crippen MR) is 113 cm³/mol. The van der Waals surface area contributed by atoms with E-state index in [1.807, 2.05) is 36.4 Å². The van der Waals surface area contributed by atoms with Gasteiger partial charge in [0.2, 0.25) is 0 Å². The standard InChI is InChI=1S/C24H30O4/c1-5-19(4)17-28-23-13-9-21(10-14-23)20-7-11-22(12-8-20)26-15-6-16-27-24(25)18(2)3/h7-14,19H,2,5-6,15-17H2,1,3-4H3. The predicted octanol–water partition coefficient (Wildman–Crippen LogP) is 5.67. The number of esters is 1. The van der Waals surface area contributed by atoms with E-state index in [9.17, 15) is 4.79 Å². The van der Waals surface area contributed by atoms with Gasteiger partial charge in [-0.05, 0) is 48.2 Å². The first-order valence-corrected chi connectivity index (χ1v) is 9.78. The van der Waals surface area contributed by atoms with Gasteiger partial charge >= 0.3 is 5.97 Å². The summed E-state index contributed by atoms with van der Waals surface area (Å²) in [6.07, 6.45) is 1.75. The van der Waals surface area contributed by atoms with Gasteiger partial charge in [-0.15, -0.1) is 0 Å². The normalized spacial score (nSPS) is 11.5. The third-order valence-electron chi connectivity index (χ3n) is 4.41. The van der Waals surface area contributed by atoms with Gasteiger partial charge in [-0.1, -0.05) is 51.1 Å². The molecule has 2 aromatic carbocycles. The Bertz CT molecular complexity index is 747. The summed E-state index contributed by atoms with van der Waals surface area (Å²) in [6.45, 7) is 11.1. The number of rotatable bonds is 11. The van der Waals surface area contributed by atoms with E-state index in [4.69, 9.17) is 14.2 Å². The first-order valence-electron chi connectivity index (χ1n) is 9.78. The molecule has 0 N–H and O–H groups in total. The fraction of sp³-hybridized carbons (Fsp3) is 0.375. The van der Waals surface area contributed by atoms with Gasteiger partial charge < -0.3 is 14.2 Å². The highest BCUT2D eigenvalue weighted by Crippen LogP contribution is 2.25. The number of benzene rings is 2. The van der Waals surface area contributed by atoms with Crippen molar-refractivity contribution in [2.45, 2.75) is 33.6 Å². The summed E-state index contributed by atoms with van der Waals surface area (Å²) in [5, 5.41) is 0. The highest BCUT2D eigenvalue weighted by molar-refractivity contribution is 5.86. The summed E-state index contributed by atoms with van der Waals surface area (Å²) in [5.74, 6) is 1.89. The van der Waals surface area contributed by atoms with Gasteiger partial charge in [0.1, 0.15) is 11.5 Å². The number of ether oxygens (including phenoxy) is 3. The van der Waals surface area contributed by atoms with Crippen LogP contribution in [-0.4, -0.2) is 25.8 Å². The zero-order chi connectivity index (χ0) is 20.4. The lowest BCUT2D eigenvalue weighted by molar-refractivity contribution is -0.139. The Morgan fingerprint density at radius 3 is 1.96 bits per heavy atom. The van der Waals surface area contributed by atoms with E-state index in [1.54, 1.807) is 6.92 Å². The lowest BCUT2D eigenvalue weighted by atomic mass is 10.1. The summed E-state index contributed by atoms with van der Waals surface area (Å²) < 4.78 is 16.5. The molecule has 1 unspecified atom stereocenters. The molecule has 150 valence electrons. The van der Waals surface area contributed by atoms with Crippen LogP contribution in [0, 0.1) is 5.92 Å². The molecule has 0 amide bonds. The number of hydrogen-bond donors (Lipinski definition) is 0. The van der Waals surface area contributed by atoms with E-state index in [2.05, 4.69) is 32.6 Å². The van der Waals surface area contributed by atoms with Crippen LogP contribution in [0.4, 0.5) is 0 Å². The number of carbonyl (C=O) groups excluding carboxylic acids is 1. The average Bonchev–Trinajstić information content (AvgIpc) is 2.72. The van der Waals surface area contributed by atoms with E-state index < -0.39 is 0 Å². The first kappa shape index (κ1) is 21.5. The summed E-state index contributed by atoms with van der Waals surface area (Å²) in [5.41, 5.74) is 2.66. The monoisotopic (exact) mass is 382 g/mol. The summed E-state index contributed by atoms with van der Waals surface area (Å²) >= 11 is 0. The van der Waals surface area contributed by atoms with Gasteiger partial charge in [-0.3, -0.25) is 0 Å². The fourth-order valence-electron chi connectivity index (χ4n) is 2.38. The molecule has 2 aromatic rings. The van der Waals surface area contributed by atoms with Crippen LogP contribution >= 0.6 is 0 Å². The molecule has 0 saturated heterocycles. The average molecular weight is 383 g/mol. The molecule has 0 saturated carbocycles. The van der Waals surface area contributed by atoms with Crippen LogP contribution < -0.4 is 9.47 Å². The van der Waals surface area contributed by atoms with Gasteiger partial charge in [0.25, 0.3) is 0 Å². The Balaban J connectivity index is 1.78. The van der Waals surface area contributed by atoms with Crippen LogP contribution in [-0.2, 0) is 9.53 Å². The molecule has 0 radical (unpaired) electrons. The fourth-order valence-corrected chi connectivity index (χ4v) is 2.38. The maximum atomic E-state index is 11.3. The zero-order valence-corrected chi connectivity index (χ0v) is 17.1. The molecule has 0 spiro atoms. The Morgan fingerprint density at radius 2 is 1.46 bits per heavy atom. The van der Waals surface area contributed by atoms with Crippen LogP contribution in [0.1, 0.15) is 33.6 Å². The van der Waals surface area contributed by atoms with E-state index in [0.29, 0.717) is 31.1 Å². The molecule has 0 heterocycles. The lowest BCUT2D eigenvalue weighted by Gasteiger charge is -2.11. The van der Waals surface area contributed by atoms with Crippen LogP contribution in [0.5, 0.6) is 11.5 Å². The van der Waals surface area contributed by atoms with Crippen molar-refractivity contribution in [1.29, 1.82) is 0 Å². The van der Waals surface area contributed by atoms with Gasteiger partial charge in [-0.2, -0.15) is 0 Å². The van der Waals surface area contributed by atoms with Gasteiger partial charge in [0.15, 0.2) is 0 Å². The third kappa shape index (κ3) is 7.10. The van der Waals surface area contributed by atoms with E-state index >= 15 is 0 Å². The van der Waals surface area contributed by atoms with Crippen molar-refractivity contribution in [2.75, 3.05) is 19.8 Å². The van der Waals surface area contributed by atoms with Crippen molar-refractivity contribution in [2.24, 2.45) is 5.92 Å². The van der Waals surface area contributed by atoms with Crippen LogP contribution in [0.25, 0.3) is 11.1 Å². The SMILES string of the molecule is C=C(C)C(=O)OCCCOc1ccc(-c2ccc(OCC(C)CC)cc2)cc1. The van der Waals surface area contributed by atoms with Crippen molar-refractivity contribution in [3.05, 3.63) is 60.7 Å². The third-order valence-corrected chi connectivity index (χ3v) is 4.41. The molecular formula is C24H30O4. The molecule has 0 fully saturated rings. The Kier molecular flexibility index (Phi) is 8.60. The second-order valence-corrected chi connectivity index (χ2v) is 6.99. The molecule has 2 rings (SSSR count). The zero-order valence-electron chi connectivity index (χ0n) is 17.1. The minimum atomic E-state index is -0.361. The van der Waals surface area contributed by atoms with Crippen molar-refractivity contribution in [3.8, 4) is 22.6 Å². The molecule has 0 aromatic heterocycles. The molecule has 1 atom stereocenters. The number of carbonyl (C=O) groups is 1. The van der Waals surface area contributed by atoms with Gasteiger partial charge in [-0.25, -0.2) is 4.79 Å². The highest BCUT2D eigenvalue weighted by Gasteiger charge is 2.04. The summed E-state index contributed by atoms with van der Waals surface area (Å²) in [4.78, 5) is 11.3. The summed E-state index contributed by atoms with van der Waals surface area (Å²) in [7, 11) is 0. The maximum Gasteiger partial charge on any atom is 0.333 e. The maximum absolute atomic E-state index is 11.3. The van der Waals surface area contributed by atoms with Crippen molar-refractivity contribution >= 4 is 5.97 Å². The minimum absolute atomic E-state index is 0.329. The molecule has 0 bridgehead atoms. The van der Waals surface area contributed by atoms with Crippen molar-refractivity contribution in [3.63, 3.8) is 0 Å². The Hall–Kier alpha value is -2.75. The van der Waals surface area contributed by atoms with Gasteiger partial charge in [0.05, 0.1) is 19.8 Å². The van der Waals surface area contributed by atoms with E-state index in [-0.39, 0.29) is 5.97 Å². The second kappa shape index (κ2) is 11.2. The van der Waals surface area contributed by atoms with Crippen molar-refractivity contribution < 1.29 is 19.0 Å². The smallest absolute Gasteiger partial charge is 0.333 e. The second-order valence-electron chi connectivity index (χ2n) is 6.99. The van der Waals surface area contributed by atoms with Crippen molar-refractivity contribution in [1.82, 2.24) is 0 Å². The molecule has 28 heavy (non-hydrogen) atoms. The highest BCUT2D eigenvalue weighted by atomic mass is 16.5. The van der Waals surface area contributed by atoms with Crippen LogP contribution in [0.3, 0.4) is 0 Å². The topological polar surface area (TPSA) is 44.8 Å². The lowest BCUT2D eigenvalue weighted by Crippen LogP contribution is -2.09. The summed E-state index contributed by atoms with van der Waals surface area (Å²) in [6, 6.07) is 16.1. The molecular weight excluding hydrogens is 352 g/mol. The molecule has 4 nitrogen and oxygen atoms in total. The minimum Gasteiger partial charge on any atom is -0.493 e. The van der Waals surface area contributed by atoms with Crippen LogP contribution in [0.15, 0.2) is 60.7 Å². The molecule has 4 heteroatoms. The largest absolute Gasteiger partial charge is 0.493 e. The molecule has 0 aliphatic carbocycles. The van der Waals surface area contributed by atoms with E-state index in [0.717, 1.165) is 35.7 Å². The number of hydrogen-bond acceptors (Lipinski definition) is 4. The first-order chi connectivity index (χ1) is 13.5. The van der Waals surface area contributed by atoms with Gasteiger partial charge in [0, 0.05) is 12.0 Å². The Labute approximate surface area is 168 Å². The molecule has 0 aliphatic heterocycles. The quantitative estimate of drug-likeness (QED) is 0.285. The van der Waals surface area contributed by atoms with Crippen LogP contribution in [0.2, 0.25) is 0 Å². The molecule has 0 aliphatic rings.